The van der Waals surface area contributed by atoms with E-state index in [1.807, 2.05) is 13.0 Å². The Hall–Kier alpha value is -2.39. The standard InChI is InChI=1S/C28H31BrO2/c1-8-31-28(30)27(29)22-11-14-25(23-12-9-16(2)18(4)20(23)6)26(15-22)24-13-10-17(3)19(5)21(24)7/h9-15,27H,8H2,1-7H3. The quantitative estimate of drug-likeness (QED) is 0.275. The Morgan fingerprint density at radius 2 is 1.23 bits per heavy atom. The van der Waals surface area contributed by atoms with Crippen molar-refractivity contribution in [2.45, 2.75) is 53.3 Å². The monoisotopic (exact) mass is 478 g/mol. The molecule has 0 spiro atoms. The second-order valence-electron chi connectivity index (χ2n) is 8.28. The highest BCUT2D eigenvalue weighted by Gasteiger charge is 2.22. The van der Waals surface area contributed by atoms with E-state index in [0.29, 0.717) is 6.61 Å². The minimum absolute atomic E-state index is 0.264. The van der Waals surface area contributed by atoms with E-state index < -0.39 is 4.83 Å². The molecule has 3 aromatic rings. The summed E-state index contributed by atoms with van der Waals surface area (Å²) in [4.78, 5) is 11.9. The molecule has 31 heavy (non-hydrogen) atoms. The highest BCUT2D eigenvalue weighted by atomic mass is 79.9. The van der Waals surface area contributed by atoms with Crippen LogP contribution < -0.4 is 0 Å². The fourth-order valence-corrected chi connectivity index (χ4v) is 4.44. The van der Waals surface area contributed by atoms with E-state index in [0.717, 1.165) is 11.1 Å². The topological polar surface area (TPSA) is 26.3 Å². The van der Waals surface area contributed by atoms with Gasteiger partial charge in [-0.2, -0.15) is 0 Å². The van der Waals surface area contributed by atoms with E-state index in [4.69, 9.17) is 4.74 Å². The van der Waals surface area contributed by atoms with Gasteiger partial charge in [0.05, 0.1) is 6.61 Å². The Balaban J connectivity index is 2.29. The normalized spacial score (nSPS) is 12.0. The fraction of sp³-hybridized carbons (Fsp3) is 0.321. The number of aryl methyl sites for hydroxylation is 2. The summed E-state index contributed by atoms with van der Waals surface area (Å²) in [6.07, 6.45) is 0. The Labute approximate surface area is 194 Å². The molecule has 0 aliphatic heterocycles. The third-order valence-corrected chi connectivity index (χ3v) is 7.43. The first-order valence-electron chi connectivity index (χ1n) is 10.8. The Kier molecular flexibility index (Phi) is 7.06. The van der Waals surface area contributed by atoms with Crippen LogP contribution in [-0.2, 0) is 9.53 Å². The minimum atomic E-state index is -0.493. The number of hydrogen-bond donors (Lipinski definition) is 0. The summed E-state index contributed by atoms with van der Waals surface area (Å²) in [7, 11) is 0. The molecule has 0 aromatic heterocycles. The zero-order chi connectivity index (χ0) is 22.9. The molecule has 0 aliphatic carbocycles. The molecule has 3 heteroatoms. The third kappa shape index (κ3) is 4.48. The number of ether oxygens (including phenoxy) is 1. The number of carbonyl (C=O) groups excluding carboxylic acids is 1. The smallest absolute Gasteiger partial charge is 0.324 e. The third-order valence-electron chi connectivity index (χ3n) is 6.53. The first-order valence-corrected chi connectivity index (χ1v) is 11.7. The van der Waals surface area contributed by atoms with Gasteiger partial charge in [-0.15, -0.1) is 0 Å². The van der Waals surface area contributed by atoms with Crippen molar-refractivity contribution < 1.29 is 9.53 Å². The number of rotatable bonds is 5. The first-order chi connectivity index (χ1) is 14.7. The van der Waals surface area contributed by atoms with Gasteiger partial charge in [0.25, 0.3) is 0 Å². The highest BCUT2D eigenvalue weighted by Crippen LogP contribution is 2.40. The molecule has 0 heterocycles. The zero-order valence-corrected chi connectivity index (χ0v) is 21.1. The van der Waals surface area contributed by atoms with Crippen LogP contribution >= 0.6 is 15.9 Å². The van der Waals surface area contributed by atoms with Gasteiger partial charge in [-0.3, -0.25) is 4.79 Å². The average Bonchev–Trinajstić information content (AvgIpc) is 2.75. The van der Waals surface area contributed by atoms with Crippen molar-refractivity contribution in [2.75, 3.05) is 6.61 Å². The molecular formula is C28H31BrO2. The van der Waals surface area contributed by atoms with E-state index in [9.17, 15) is 4.79 Å². The maximum atomic E-state index is 12.4. The van der Waals surface area contributed by atoms with Crippen molar-refractivity contribution in [1.82, 2.24) is 0 Å². The van der Waals surface area contributed by atoms with Gasteiger partial charge in [0.1, 0.15) is 4.83 Å². The minimum Gasteiger partial charge on any atom is -0.465 e. The van der Waals surface area contributed by atoms with Crippen molar-refractivity contribution >= 4 is 21.9 Å². The molecule has 162 valence electrons. The molecule has 0 bridgehead atoms. The Morgan fingerprint density at radius 1 is 0.742 bits per heavy atom. The van der Waals surface area contributed by atoms with Crippen LogP contribution in [0, 0.1) is 41.5 Å². The lowest BCUT2D eigenvalue weighted by Gasteiger charge is -2.20. The number of carbonyl (C=O) groups is 1. The molecule has 2 nitrogen and oxygen atoms in total. The van der Waals surface area contributed by atoms with Gasteiger partial charge in [0.15, 0.2) is 0 Å². The van der Waals surface area contributed by atoms with Crippen LogP contribution in [0.3, 0.4) is 0 Å². The van der Waals surface area contributed by atoms with Gasteiger partial charge in [0, 0.05) is 0 Å². The lowest BCUT2D eigenvalue weighted by atomic mass is 9.85. The van der Waals surface area contributed by atoms with Crippen LogP contribution in [0.1, 0.15) is 50.7 Å². The van der Waals surface area contributed by atoms with Crippen molar-refractivity contribution in [3.63, 3.8) is 0 Å². The van der Waals surface area contributed by atoms with Crippen molar-refractivity contribution in [2.24, 2.45) is 0 Å². The van der Waals surface area contributed by atoms with Crippen LogP contribution in [0.15, 0.2) is 42.5 Å². The van der Waals surface area contributed by atoms with Crippen molar-refractivity contribution in [3.8, 4) is 22.3 Å². The van der Waals surface area contributed by atoms with Crippen LogP contribution in [-0.4, -0.2) is 12.6 Å². The number of hydrogen-bond acceptors (Lipinski definition) is 2. The van der Waals surface area contributed by atoms with E-state index in [2.05, 4.69) is 93.9 Å². The van der Waals surface area contributed by atoms with Crippen LogP contribution in [0.5, 0.6) is 0 Å². The lowest BCUT2D eigenvalue weighted by Crippen LogP contribution is -2.11. The fourth-order valence-electron chi connectivity index (χ4n) is 4.02. The number of esters is 1. The van der Waals surface area contributed by atoms with E-state index >= 15 is 0 Å². The van der Waals surface area contributed by atoms with E-state index in [-0.39, 0.29) is 5.97 Å². The first kappa shape index (κ1) is 23.3. The highest BCUT2D eigenvalue weighted by molar-refractivity contribution is 9.09. The summed E-state index contributed by atoms with van der Waals surface area (Å²) in [5.74, 6) is -0.264. The molecule has 0 aliphatic rings. The maximum absolute atomic E-state index is 12.4. The molecule has 0 fully saturated rings. The second-order valence-corrected chi connectivity index (χ2v) is 9.20. The van der Waals surface area contributed by atoms with Gasteiger partial charge >= 0.3 is 5.97 Å². The van der Waals surface area contributed by atoms with Crippen LogP contribution in [0.4, 0.5) is 0 Å². The zero-order valence-electron chi connectivity index (χ0n) is 19.5. The molecule has 3 aromatic carbocycles. The molecule has 1 unspecified atom stereocenters. The van der Waals surface area contributed by atoms with Crippen molar-refractivity contribution in [1.29, 1.82) is 0 Å². The molecule has 0 saturated carbocycles. The summed E-state index contributed by atoms with van der Waals surface area (Å²) in [6, 6.07) is 15.1. The predicted molar refractivity (Wildman–Crippen MR) is 134 cm³/mol. The number of halogens is 1. The van der Waals surface area contributed by atoms with Gasteiger partial charge in [0.2, 0.25) is 0 Å². The summed E-state index contributed by atoms with van der Waals surface area (Å²) in [5.41, 5.74) is 13.4. The summed E-state index contributed by atoms with van der Waals surface area (Å²) >= 11 is 3.55. The molecule has 0 amide bonds. The molecule has 1 atom stereocenters. The SMILES string of the molecule is CCOC(=O)C(Br)c1ccc(-c2ccc(C)c(C)c2C)c(-c2ccc(C)c(C)c2C)c1. The van der Waals surface area contributed by atoms with E-state index in [1.165, 1.54) is 50.1 Å². The summed E-state index contributed by atoms with van der Waals surface area (Å²) in [6.45, 7) is 15.2. The maximum Gasteiger partial charge on any atom is 0.324 e. The Morgan fingerprint density at radius 3 is 1.74 bits per heavy atom. The molecule has 0 radical (unpaired) electrons. The summed E-state index contributed by atoms with van der Waals surface area (Å²) in [5, 5.41) is 0. The second kappa shape index (κ2) is 9.40. The molecule has 3 rings (SSSR count). The largest absolute Gasteiger partial charge is 0.465 e. The van der Waals surface area contributed by atoms with Crippen LogP contribution in [0.2, 0.25) is 0 Å². The lowest BCUT2D eigenvalue weighted by molar-refractivity contribution is -0.142. The van der Waals surface area contributed by atoms with Crippen molar-refractivity contribution in [3.05, 3.63) is 81.4 Å². The summed E-state index contributed by atoms with van der Waals surface area (Å²) < 4.78 is 5.24. The number of alkyl halides is 1. The molecular weight excluding hydrogens is 448 g/mol. The predicted octanol–water partition coefficient (Wildman–Crippen LogP) is 7.87. The van der Waals surface area contributed by atoms with E-state index in [1.54, 1.807) is 0 Å². The van der Waals surface area contributed by atoms with Gasteiger partial charge in [-0.1, -0.05) is 52.3 Å². The van der Waals surface area contributed by atoms with Gasteiger partial charge in [-0.05, 0) is 116 Å². The van der Waals surface area contributed by atoms with Gasteiger partial charge < -0.3 is 4.74 Å². The van der Waals surface area contributed by atoms with Crippen LogP contribution in [0.25, 0.3) is 22.3 Å². The molecule has 0 saturated heterocycles. The number of benzene rings is 3. The Bertz CT molecular complexity index is 1140. The molecule has 0 N–H and O–H groups in total. The van der Waals surface area contributed by atoms with Gasteiger partial charge in [-0.25, -0.2) is 0 Å². The average molecular weight is 479 g/mol.